The first kappa shape index (κ1) is 22.3. The highest BCUT2D eigenvalue weighted by Gasteiger charge is 2.41. The van der Waals surface area contributed by atoms with Gasteiger partial charge >= 0.3 is 5.97 Å². The topological polar surface area (TPSA) is 122 Å². The number of hydrogen-bond donors (Lipinski definition) is 1. The smallest absolute Gasteiger partial charge is 0.316 e. The Labute approximate surface area is 197 Å². The number of halogens is 1. The molecule has 1 aromatic heterocycles. The highest BCUT2D eigenvalue weighted by atomic mass is 35.5. The number of ketones is 1. The van der Waals surface area contributed by atoms with Crippen molar-refractivity contribution < 1.29 is 14.3 Å². The number of anilines is 1. The lowest BCUT2D eigenvalue weighted by Crippen LogP contribution is -2.38. The van der Waals surface area contributed by atoms with Gasteiger partial charge in [0.1, 0.15) is 5.82 Å². The van der Waals surface area contributed by atoms with Crippen molar-refractivity contribution in [3.63, 3.8) is 0 Å². The van der Waals surface area contributed by atoms with Crippen molar-refractivity contribution in [2.45, 2.75) is 29.5 Å². The molecule has 1 unspecified atom stereocenters. The molecule has 0 saturated carbocycles. The summed E-state index contributed by atoms with van der Waals surface area (Å²) in [6.45, 7) is 0. The number of Topliss-reactive ketones (excluding diaryl/α,β-unsaturated/α-hetero) is 1. The Hall–Kier alpha value is -2.87. The summed E-state index contributed by atoms with van der Waals surface area (Å²) in [6.07, 6.45) is 1.69. The Morgan fingerprint density at radius 1 is 1.44 bits per heavy atom. The number of ether oxygens (including phenoxy) is 1. The third-order valence-corrected chi connectivity index (χ3v) is 7.47. The number of carbonyl (C=O) groups excluding carboxylic acids is 2. The van der Waals surface area contributed by atoms with E-state index >= 15 is 0 Å². The van der Waals surface area contributed by atoms with Crippen LogP contribution < -0.4 is 10.6 Å². The van der Waals surface area contributed by atoms with Crippen LogP contribution in [0, 0.1) is 11.3 Å². The quantitative estimate of drug-likeness (QED) is 0.496. The van der Waals surface area contributed by atoms with Crippen molar-refractivity contribution in [3.05, 3.63) is 57.5 Å². The molecule has 1 atom stereocenters. The van der Waals surface area contributed by atoms with Gasteiger partial charge in [0, 0.05) is 22.7 Å². The zero-order valence-electron chi connectivity index (χ0n) is 17.0. The van der Waals surface area contributed by atoms with Gasteiger partial charge in [0.2, 0.25) is 5.13 Å². The number of rotatable bonds is 5. The van der Waals surface area contributed by atoms with Crippen LogP contribution in [-0.2, 0) is 14.3 Å². The largest absolute Gasteiger partial charge is 0.468 e. The monoisotopic (exact) mass is 487 g/mol. The first-order valence-corrected chi connectivity index (χ1v) is 11.9. The number of carbonyl (C=O) groups is 2. The van der Waals surface area contributed by atoms with Crippen LogP contribution in [0.15, 0.2) is 51.3 Å². The highest BCUT2D eigenvalue weighted by molar-refractivity contribution is 8.01. The van der Waals surface area contributed by atoms with Gasteiger partial charge in [-0.15, -0.1) is 10.2 Å². The highest BCUT2D eigenvalue weighted by Crippen LogP contribution is 2.47. The summed E-state index contributed by atoms with van der Waals surface area (Å²) in [4.78, 5) is 26.2. The van der Waals surface area contributed by atoms with Gasteiger partial charge in [-0.25, -0.2) is 0 Å². The van der Waals surface area contributed by atoms with Gasteiger partial charge in [0.05, 0.1) is 30.4 Å². The summed E-state index contributed by atoms with van der Waals surface area (Å²) < 4.78 is 5.21. The number of nitriles is 1. The number of benzene rings is 1. The average molecular weight is 488 g/mol. The second-order valence-corrected chi connectivity index (χ2v) is 9.70. The van der Waals surface area contributed by atoms with E-state index in [4.69, 9.17) is 17.3 Å². The Balaban J connectivity index is 1.80. The van der Waals surface area contributed by atoms with Gasteiger partial charge in [-0.3, -0.25) is 14.5 Å². The molecule has 4 rings (SSSR count). The predicted molar refractivity (Wildman–Crippen MR) is 122 cm³/mol. The van der Waals surface area contributed by atoms with Crippen molar-refractivity contribution in [1.29, 1.82) is 5.26 Å². The minimum absolute atomic E-state index is 0.0220. The van der Waals surface area contributed by atoms with E-state index in [0.717, 1.165) is 11.3 Å². The lowest BCUT2D eigenvalue weighted by molar-refractivity contribution is -0.137. The van der Waals surface area contributed by atoms with Gasteiger partial charge in [0.25, 0.3) is 0 Å². The normalized spacial score (nSPS) is 18.5. The van der Waals surface area contributed by atoms with Crippen LogP contribution in [0.1, 0.15) is 30.7 Å². The molecule has 0 bridgehead atoms. The number of thioether (sulfide) groups is 1. The molecule has 1 aromatic carbocycles. The zero-order valence-corrected chi connectivity index (χ0v) is 19.4. The number of nitrogens with two attached hydrogens (primary N) is 1. The summed E-state index contributed by atoms with van der Waals surface area (Å²) in [5, 5.41) is 19.3. The molecule has 2 aromatic rings. The molecule has 2 N–H and O–H groups in total. The second kappa shape index (κ2) is 9.32. The molecule has 11 heteroatoms. The lowest BCUT2D eigenvalue weighted by atomic mass is 9.76. The molecule has 0 radical (unpaired) electrons. The molecule has 1 aliphatic heterocycles. The second-order valence-electron chi connectivity index (χ2n) is 7.09. The molecule has 2 aliphatic rings. The number of aromatic nitrogens is 2. The molecule has 0 fully saturated rings. The molecule has 0 amide bonds. The van der Waals surface area contributed by atoms with Gasteiger partial charge in [-0.2, -0.15) is 5.26 Å². The van der Waals surface area contributed by atoms with Crippen molar-refractivity contribution in [1.82, 2.24) is 10.2 Å². The van der Waals surface area contributed by atoms with Crippen LogP contribution in [0.25, 0.3) is 0 Å². The van der Waals surface area contributed by atoms with Gasteiger partial charge in [-0.1, -0.05) is 46.8 Å². The number of esters is 1. The summed E-state index contributed by atoms with van der Waals surface area (Å²) in [6, 6.07) is 9.33. The van der Waals surface area contributed by atoms with E-state index in [-0.39, 0.29) is 28.9 Å². The summed E-state index contributed by atoms with van der Waals surface area (Å²) in [5.74, 6) is -0.664. The van der Waals surface area contributed by atoms with Gasteiger partial charge in [-0.05, 0) is 30.5 Å². The van der Waals surface area contributed by atoms with E-state index in [9.17, 15) is 14.9 Å². The summed E-state index contributed by atoms with van der Waals surface area (Å²) in [5.41, 5.74) is 8.78. The van der Waals surface area contributed by atoms with E-state index in [2.05, 4.69) is 21.0 Å². The number of hydrogen-bond acceptors (Lipinski definition) is 10. The minimum atomic E-state index is -0.584. The zero-order chi connectivity index (χ0) is 22.8. The molecule has 2 heterocycles. The fraction of sp³-hybridized carbons (Fsp3) is 0.286. The summed E-state index contributed by atoms with van der Waals surface area (Å²) >= 11 is 8.63. The first-order chi connectivity index (χ1) is 15.4. The maximum absolute atomic E-state index is 13.1. The molecule has 164 valence electrons. The molecule has 8 nitrogen and oxygen atoms in total. The Morgan fingerprint density at radius 3 is 2.97 bits per heavy atom. The van der Waals surface area contributed by atoms with Crippen molar-refractivity contribution in [2.75, 3.05) is 17.8 Å². The number of allylic oxidation sites excluding steroid dienone is 3. The first-order valence-electron chi connectivity index (χ1n) is 9.69. The van der Waals surface area contributed by atoms with Crippen LogP contribution >= 0.6 is 34.7 Å². The van der Waals surface area contributed by atoms with Crippen LogP contribution in [-0.4, -0.2) is 34.8 Å². The Morgan fingerprint density at radius 2 is 2.25 bits per heavy atom. The number of nitrogens with zero attached hydrogens (tertiary/aromatic N) is 4. The molecule has 0 saturated heterocycles. The molecule has 32 heavy (non-hydrogen) atoms. The SMILES string of the molecule is COC(=O)CSc1nnc(N2C(N)=C(C#N)C(c3cccc(Cl)c3)C3=C2CCCC3=O)s1. The van der Waals surface area contributed by atoms with E-state index in [1.54, 1.807) is 23.1 Å². The minimum Gasteiger partial charge on any atom is -0.468 e. The molecular formula is C21H18ClN5O3S2. The average Bonchev–Trinajstić information content (AvgIpc) is 3.25. The third kappa shape index (κ3) is 4.11. The summed E-state index contributed by atoms with van der Waals surface area (Å²) in [7, 11) is 1.32. The standard InChI is InChI=1S/C21H18ClN5O3S2/c1-30-16(29)10-31-21-26-25-20(32-21)27-14-6-3-7-15(28)18(14)17(13(9-23)19(27)24)11-4-2-5-12(22)8-11/h2,4-5,8,17H,3,6-7,10,24H2,1H3. The maximum atomic E-state index is 13.1. The van der Waals surface area contributed by atoms with Crippen LogP contribution in [0.5, 0.6) is 0 Å². The molecule has 0 spiro atoms. The van der Waals surface area contributed by atoms with Crippen molar-refractivity contribution >= 4 is 51.6 Å². The van der Waals surface area contributed by atoms with Crippen LogP contribution in [0.4, 0.5) is 5.13 Å². The van der Waals surface area contributed by atoms with E-state index in [1.165, 1.54) is 30.2 Å². The Kier molecular flexibility index (Phi) is 6.50. The molecule has 1 aliphatic carbocycles. The fourth-order valence-corrected chi connectivity index (χ4v) is 5.77. The van der Waals surface area contributed by atoms with E-state index in [0.29, 0.717) is 39.3 Å². The lowest BCUT2D eigenvalue weighted by Gasteiger charge is -2.38. The van der Waals surface area contributed by atoms with Crippen LogP contribution in [0.3, 0.4) is 0 Å². The maximum Gasteiger partial charge on any atom is 0.316 e. The Bertz CT molecular complexity index is 1200. The predicted octanol–water partition coefficient (Wildman–Crippen LogP) is 3.76. The third-order valence-electron chi connectivity index (χ3n) is 5.22. The van der Waals surface area contributed by atoms with E-state index < -0.39 is 5.92 Å². The van der Waals surface area contributed by atoms with Crippen LogP contribution in [0.2, 0.25) is 5.02 Å². The molecular weight excluding hydrogens is 470 g/mol. The van der Waals surface area contributed by atoms with Crippen molar-refractivity contribution in [2.24, 2.45) is 5.73 Å². The van der Waals surface area contributed by atoms with E-state index in [1.807, 2.05) is 6.07 Å². The van der Waals surface area contributed by atoms with Gasteiger partial charge < -0.3 is 10.5 Å². The number of methoxy groups -OCH3 is 1. The fourth-order valence-electron chi connectivity index (χ4n) is 3.86. The van der Waals surface area contributed by atoms with Crippen molar-refractivity contribution in [3.8, 4) is 6.07 Å². The van der Waals surface area contributed by atoms with Gasteiger partial charge in [0.15, 0.2) is 10.1 Å².